The number of pyridine rings is 1. The summed E-state index contributed by atoms with van der Waals surface area (Å²) in [5, 5.41) is 33.6. The Morgan fingerprint density at radius 1 is 0.898 bits per heavy atom. The molecule has 3 aliphatic rings. The van der Waals surface area contributed by atoms with Gasteiger partial charge in [-0.1, -0.05) is 38.0 Å². The number of carboxylic acids is 1. The van der Waals surface area contributed by atoms with Crippen molar-refractivity contribution < 1.29 is 60.7 Å². The van der Waals surface area contributed by atoms with Gasteiger partial charge in [0.25, 0.3) is 5.91 Å². The van der Waals surface area contributed by atoms with Crippen LogP contribution in [0, 0.1) is 5.41 Å². The molecule has 322 valence electrons. The van der Waals surface area contributed by atoms with Crippen LogP contribution in [0.5, 0.6) is 11.5 Å². The summed E-state index contributed by atoms with van der Waals surface area (Å²) in [6.07, 6.45) is -6.70. The SMILES string of the molecule is CCC[C@H]1N(C(O)c2ncccc2C(F)(F)F)CCC[C@@]1(Oc1ccc(C(F)(F)F)cc1)C(=O)N1CCC(O)(c2ccccc2OC(C)CCC2(C(=O)O)CCC2)CC1. The molecule has 3 aromatic rings. The lowest BCUT2D eigenvalue weighted by Crippen LogP contribution is -2.68. The molecule has 6 rings (SSSR count). The van der Waals surface area contributed by atoms with Crippen LogP contribution < -0.4 is 9.47 Å². The van der Waals surface area contributed by atoms with Crippen LogP contribution in [0.2, 0.25) is 0 Å². The van der Waals surface area contributed by atoms with Gasteiger partial charge in [0.1, 0.15) is 11.5 Å². The molecule has 59 heavy (non-hydrogen) atoms. The number of aliphatic hydroxyl groups excluding tert-OH is 1. The number of carboxylic acid groups (broad SMARTS) is 1. The quantitative estimate of drug-likeness (QED) is 0.137. The van der Waals surface area contributed by atoms with Crippen molar-refractivity contribution in [1.82, 2.24) is 14.8 Å². The smallest absolute Gasteiger partial charge is 0.418 e. The first kappa shape index (κ1) is 44.2. The fourth-order valence-electron chi connectivity index (χ4n) is 8.93. The molecule has 2 aromatic carbocycles. The lowest BCUT2D eigenvalue weighted by molar-refractivity contribution is -0.177. The highest BCUT2D eigenvalue weighted by Crippen LogP contribution is 2.47. The number of nitrogens with zero attached hydrogens (tertiary/aromatic N) is 3. The molecule has 4 atom stereocenters. The average molecular weight is 836 g/mol. The normalized spacial score (nSPS) is 23.2. The van der Waals surface area contributed by atoms with Gasteiger partial charge in [-0.2, -0.15) is 26.3 Å². The van der Waals surface area contributed by atoms with E-state index in [1.165, 1.54) is 9.80 Å². The van der Waals surface area contributed by atoms with Crippen LogP contribution >= 0.6 is 0 Å². The largest absolute Gasteiger partial charge is 0.490 e. The average Bonchev–Trinajstić information content (AvgIpc) is 3.17. The van der Waals surface area contributed by atoms with Gasteiger partial charge in [-0.05, 0) is 107 Å². The van der Waals surface area contributed by atoms with E-state index in [0.717, 1.165) is 49.0 Å². The molecule has 2 aliphatic heterocycles. The summed E-state index contributed by atoms with van der Waals surface area (Å²) in [5.41, 5.74) is -6.31. The maximum Gasteiger partial charge on any atom is 0.418 e. The molecule has 0 spiro atoms. The Morgan fingerprint density at radius 3 is 2.17 bits per heavy atom. The number of aliphatic carboxylic acids is 1. The number of hydrogen-bond acceptors (Lipinski definition) is 8. The van der Waals surface area contributed by atoms with E-state index in [9.17, 15) is 46.5 Å². The number of hydrogen-bond donors (Lipinski definition) is 3. The lowest BCUT2D eigenvalue weighted by atomic mass is 9.66. The molecule has 1 aliphatic carbocycles. The molecule has 3 N–H and O–H groups in total. The van der Waals surface area contributed by atoms with Crippen LogP contribution in [-0.4, -0.2) is 79.4 Å². The maximum absolute atomic E-state index is 15.1. The molecule has 1 saturated carbocycles. The number of halogens is 6. The van der Waals surface area contributed by atoms with Crippen LogP contribution in [0.25, 0.3) is 0 Å². The first-order valence-corrected chi connectivity index (χ1v) is 20.2. The van der Waals surface area contributed by atoms with E-state index in [4.69, 9.17) is 9.47 Å². The third-order valence-electron chi connectivity index (χ3n) is 12.4. The van der Waals surface area contributed by atoms with E-state index in [0.29, 0.717) is 43.4 Å². The van der Waals surface area contributed by atoms with Crippen LogP contribution in [0.15, 0.2) is 66.9 Å². The Labute approximate surface area is 339 Å². The molecule has 16 heteroatoms. The monoisotopic (exact) mass is 835 g/mol. The molecule has 0 radical (unpaired) electrons. The second kappa shape index (κ2) is 17.3. The highest BCUT2D eigenvalue weighted by Gasteiger charge is 2.56. The van der Waals surface area contributed by atoms with E-state index in [1.54, 1.807) is 31.2 Å². The molecule has 1 amide bonds. The van der Waals surface area contributed by atoms with Crippen molar-refractivity contribution in [3.8, 4) is 11.5 Å². The predicted molar refractivity (Wildman–Crippen MR) is 203 cm³/mol. The zero-order valence-electron chi connectivity index (χ0n) is 33.1. The van der Waals surface area contributed by atoms with Gasteiger partial charge in [-0.15, -0.1) is 0 Å². The van der Waals surface area contributed by atoms with Gasteiger partial charge in [0.05, 0.1) is 40.0 Å². The number of para-hydroxylation sites is 1. The first-order chi connectivity index (χ1) is 27.8. The summed E-state index contributed by atoms with van der Waals surface area (Å²) < 4.78 is 95.9. The van der Waals surface area contributed by atoms with E-state index < -0.39 is 69.9 Å². The number of benzene rings is 2. The van der Waals surface area contributed by atoms with Crippen LogP contribution in [0.4, 0.5) is 26.3 Å². The number of carbonyl (C=O) groups excluding carboxylic acids is 1. The predicted octanol–water partition coefficient (Wildman–Crippen LogP) is 8.51. The van der Waals surface area contributed by atoms with Crippen LogP contribution in [0.1, 0.15) is 113 Å². The molecule has 3 fully saturated rings. The fraction of sp³-hybridized carbons (Fsp3) is 0.558. The third kappa shape index (κ3) is 9.19. The molecular formula is C43H51F6N3O7. The Hall–Kier alpha value is -4.41. The highest BCUT2D eigenvalue weighted by molar-refractivity contribution is 5.87. The van der Waals surface area contributed by atoms with Gasteiger partial charge >= 0.3 is 18.3 Å². The molecular weight excluding hydrogens is 784 g/mol. The Kier molecular flexibility index (Phi) is 12.9. The van der Waals surface area contributed by atoms with E-state index >= 15 is 4.79 Å². The zero-order valence-corrected chi connectivity index (χ0v) is 33.1. The van der Waals surface area contributed by atoms with Crippen LogP contribution in [0.3, 0.4) is 0 Å². The maximum atomic E-state index is 15.1. The van der Waals surface area contributed by atoms with Gasteiger partial charge in [-0.25, -0.2) is 0 Å². The summed E-state index contributed by atoms with van der Waals surface area (Å²) >= 11 is 0. The van der Waals surface area contributed by atoms with Crippen LogP contribution in [-0.2, 0) is 27.5 Å². The van der Waals surface area contributed by atoms with Crippen molar-refractivity contribution in [1.29, 1.82) is 0 Å². The topological polar surface area (TPSA) is 133 Å². The summed E-state index contributed by atoms with van der Waals surface area (Å²) in [7, 11) is 0. The minimum Gasteiger partial charge on any atom is -0.490 e. The number of piperidine rings is 2. The van der Waals surface area contributed by atoms with E-state index in [2.05, 4.69) is 4.98 Å². The number of likely N-dealkylation sites (tertiary alicyclic amines) is 2. The number of rotatable bonds is 14. The zero-order chi connectivity index (χ0) is 42.8. The molecule has 0 bridgehead atoms. The fourth-order valence-corrected chi connectivity index (χ4v) is 8.93. The van der Waals surface area contributed by atoms with Crippen molar-refractivity contribution in [2.75, 3.05) is 19.6 Å². The molecule has 10 nitrogen and oxygen atoms in total. The Bertz CT molecular complexity index is 1930. The minimum atomic E-state index is -4.85. The van der Waals surface area contributed by atoms with Gasteiger partial charge in [-0.3, -0.25) is 19.5 Å². The molecule has 1 aromatic heterocycles. The molecule has 3 heterocycles. The van der Waals surface area contributed by atoms with Gasteiger partial charge in [0, 0.05) is 31.4 Å². The standard InChI is InChI=1S/C43H51F6N3O7/c1-3-9-34-41(59-30-15-13-29(14-16-30)42(44,45)46,20-8-25-52(34)36(53)35-32(43(47,48)49)11-6-24-50-35)37(54)51-26-22-40(57,23-27-51)31-10-4-5-12-33(31)58-28(2)17-21-39(38(55)56)18-7-19-39/h4-6,10-16,24,28,34,36,53,57H,3,7-9,17-23,25-27H2,1-2H3,(H,55,56)/t28?,34-,36?,41+/m1/s1. The number of aromatic nitrogens is 1. The van der Waals surface area contributed by atoms with Crippen molar-refractivity contribution in [2.45, 2.75) is 126 Å². The number of ether oxygens (including phenoxy) is 2. The number of carbonyl (C=O) groups is 2. The van der Waals surface area contributed by atoms with Gasteiger partial charge in [0.2, 0.25) is 5.60 Å². The van der Waals surface area contributed by atoms with Gasteiger partial charge < -0.3 is 29.7 Å². The Morgan fingerprint density at radius 2 is 1.58 bits per heavy atom. The van der Waals surface area contributed by atoms with Crippen molar-refractivity contribution in [2.24, 2.45) is 5.41 Å². The van der Waals surface area contributed by atoms with Crippen molar-refractivity contribution >= 4 is 11.9 Å². The number of amides is 1. The second-order valence-electron chi connectivity index (χ2n) is 16.2. The van der Waals surface area contributed by atoms with Crippen molar-refractivity contribution in [3.05, 3.63) is 89.2 Å². The number of aliphatic hydroxyl groups is 2. The summed E-state index contributed by atoms with van der Waals surface area (Å²) in [5.74, 6) is -1.03. The molecule has 2 unspecified atom stereocenters. The van der Waals surface area contributed by atoms with E-state index in [-0.39, 0.29) is 63.6 Å². The summed E-state index contributed by atoms with van der Waals surface area (Å²) in [4.78, 5) is 33.8. The highest BCUT2D eigenvalue weighted by atomic mass is 19.4. The van der Waals surface area contributed by atoms with Gasteiger partial charge in [0.15, 0.2) is 6.23 Å². The summed E-state index contributed by atoms with van der Waals surface area (Å²) in [6, 6.07) is 11.7. The summed E-state index contributed by atoms with van der Waals surface area (Å²) in [6.45, 7) is 3.74. The van der Waals surface area contributed by atoms with Crippen molar-refractivity contribution in [3.63, 3.8) is 0 Å². The third-order valence-corrected chi connectivity index (χ3v) is 12.4. The second-order valence-corrected chi connectivity index (χ2v) is 16.2. The minimum absolute atomic E-state index is 0.0122. The molecule has 2 saturated heterocycles. The number of alkyl halides is 6. The first-order valence-electron chi connectivity index (χ1n) is 20.2. The lowest BCUT2D eigenvalue weighted by Gasteiger charge is -2.52. The Balaban J connectivity index is 1.28. The van der Waals surface area contributed by atoms with E-state index in [1.807, 2.05) is 6.92 Å².